The molecule has 1 fully saturated rings. The second kappa shape index (κ2) is 5.68. The van der Waals surface area contributed by atoms with Crippen molar-refractivity contribution in [1.29, 1.82) is 0 Å². The van der Waals surface area contributed by atoms with Crippen molar-refractivity contribution in [3.8, 4) is 11.5 Å². The summed E-state index contributed by atoms with van der Waals surface area (Å²) in [6, 6.07) is 7.98. The first kappa shape index (κ1) is 14.8. The molecule has 3 heterocycles. The summed E-state index contributed by atoms with van der Waals surface area (Å²) in [7, 11) is 0. The zero-order valence-corrected chi connectivity index (χ0v) is 12.5. The Labute approximate surface area is 136 Å². The number of benzene rings is 1. The van der Waals surface area contributed by atoms with Gasteiger partial charge in [0.25, 0.3) is 0 Å². The molecule has 0 radical (unpaired) electrons. The summed E-state index contributed by atoms with van der Waals surface area (Å²) in [5, 5.41) is 10.4. The number of rotatable bonds is 4. The van der Waals surface area contributed by atoms with Gasteiger partial charge in [0.05, 0.1) is 12.2 Å². The fraction of sp³-hybridized carbons (Fsp3) is 0.294. The number of carbonyl (C=O) groups is 2. The van der Waals surface area contributed by atoms with Gasteiger partial charge in [0.1, 0.15) is 24.4 Å². The topological polar surface area (TPSA) is 95.2 Å². The van der Waals surface area contributed by atoms with Crippen LogP contribution < -0.4 is 9.47 Å². The highest BCUT2D eigenvalue weighted by atomic mass is 16.7. The van der Waals surface area contributed by atoms with Gasteiger partial charge in [0.2, 0.25) is 6.79 Å². The normalized spacial score (nSPS) is 23.1. The lowest BCUT2D eigenvalue weighted by Gasteiger charge is -2.18. The van der Waals surface area contributed by atoms with E-state index < -0.39 is 23.9 Å². The van der Waals surface area contributed by atoms with Gasteiger partial charge in [-0.05, 0) is 30.3 Å². The monoisotopic (exact) mass is 330 g/mol. The predicted molar refractivity (Wildman–Crippen MR) is 78.5 cm³/mol. The molecule has 1 saturated heterocycles. The first-order valence-corrected chi connectivity index (χ1v) is 7.47. The summed E-state index contributed by atoms with van der Waals surface area (Å²) in [4.78, 5) is 24.8. The first-order chi connectivity index (χ1) is 11.6. The van der Waals surface area contributed by atoms with Crippen LogP contribution in [0.3, 0.4) is 0 Å². The van der Waals surface area contributed by atoms with E-state index in [9.17, 15) is 14.7 Å². The van der Waals surface area contributed by atoms with Crippen LogP contribution in [-0.2, 0) is 9.53 Å². The Kier molecular flexibility index (Phi) is 3.50. The quantitative estimate of drug-likeness (QED) is 0.673. The maximum atomic E-state index is 12.8. The Hall–Kier alpha value is -2.80. The Morgan fingerprint density at radius 3 is 2.79 bits per heavy atom. The van der Waals surface area contributed by atoms with Gasteiger partial charge in [-0.25, -0.2) is 0 Å². The number of hydrogen-bond acceptors (Lipinski definition) is 7. The molecule has 2 aliphatic rings. The summed E-state index contributed by atoms with van der Waals surface area (Å²) in [6.45, 7) is 0.0341. The van der Waals surface area contributed by atoms with Crippen LogP contribution in [0, 0.1) is 11.8 Å². The van der Waals surface area contributed by atoms with Crippen molar-refractivity contribution in [2.75, 3.05) is 13.4 Å². The average Bonchev–Trinajstić information content (AvgIpc) is 3.33. The van der Waals surface area contributed by atoms with Gasteiger partial charge in [0, 0.05) is 5.56 Å². The number of Topliss-reactive ketones (excluding diaryl/α,β-unsaturated/α-hetero) is 1. The summed E-state index contributed by atoms with van der Waals surface area (Å²) in [5.74, 6) is -1.44. The molecule has 1 aromatic heterocycles. The largest absolute Gasteiger partial charge is 0.467 e. The van der Waals surface area contributed by atoms with E-state index in [0.29, 0.717) is 17.1 Å². The molecule has 124 valence electrons. The molecule has 2 aromatic rings. The third kappa shape index (κ3) is 2.33. The van der Waals surface area contributed by atoms with Gasteiger partial charge in [-0.2, -0.15) is 0 Å². The van der Waals surface area contributed by atoms with E-state index in [1.165, 1.54) is 6.26 Å². The highest BCUT2D eigenvalue weighted by molar-refractivity contribution is 6.01. The second-order valence-electron chi connectivity index (χ2n) is 5.65. The molecule has 1 N–H and O–H groups in total. The molecule has 2 aliphatic heterocycles. The number of cyclic esters (lactones) is 1. The van der Waals surface area contributed by atoms with Crippen molar-refractivity contribution in [2.24, 2.45) is 11.8 Å². The highest BCUT2D eigenvalue weighted by Crippen LogP contribution is 2.38. The molecule has 0 spiro atoms. The van der Waals surface area contributed by atoms with Crippen LogP contribution >= 0.6 is 0 Å². The van der Waals surface area contributed by atoms with Crippen molar-refractivity contribution in [2.45, 2.75) is 6.10 Å². The van der Waals surface area contributed by atoms with Gasteiger partial charge in [-0.3, -0.25) is 9.59 Å². The number of hydrogen-bond donors (Lipinski definition) is 1. The van der Waals surface area contributed by atoms with Gasteiger partial charge in [-0.15, -0.1) is 0 Å². The minimum Gasteiger partial charge on any atom is -0.467 e. The van der Waals surface area contributed by atoms with Gasteiger partial charge in [0.15, 0.2) is 17.3 Å². The molecule has 0 aliphatic carbocycles. The lowest BCUT2D eigenvalue weighted by molar-refractivity contribution is -0.144. The summed E-state index contributed by atoms with van der Waals surface area (Å²) in [6.07, 6.45) is 0.158. The Morgan fingerprint density at radius 1 is 1.17 bits per heavy atom. The zero-order chi connectivity index (χ0) is 16.7. The lowest BCUT2D eigenvalue weighted by Crippen LogP contribution is -2.29. The smallest absolute Gasteiger partial charge is 0.312 e. The third-order valence-corrected chi connectivity index (χ3v) is 4.28. The minimum atomic E-state index is -1.24. The Bertz CT molecular complexity index is 780. The van der Waals surface area contributed by atoms with E-state index in [1.807, 2.05) is 0 Å². The van der Waals surface area contributed by atoms with Crippen LogP contribution in [-0.4, -0.2) is 30.3 Å². The van der Waals surface area contributed by atoms with Crippen LogP contribution in [0.1, 0.15) is 22.2 Å². The van der Waals surface area contributed by atoms with E-state index in [-0.39, 0.29) is 24.9 Å². The van der Waals surface area contributed by atoms with Crippen molar-refractivity contribution in [1.82, 2.24) is 0 Å². The van der Waals surface area contributed by atoms with Crippen molar-refractivity contribution in [3.63, 3.8) is 0 Å². The van der Waals surface area contributed by atoms with E-state index in [0.717, 1.165) is 0 Å². The molecule has 7 heteroatoms. The number of fused-ring (bicyclic) bond motifs is 1. The Morgan fingerprint density at radius 2 is 2.00 bits per heavy atom. The van der Waals surface area contributed by atoms with Crippen molar-refractivity contribution < 1.29 is 33.3 Å². The van der Waals surface area contributed by atoms with Gasteiger partial charge in [-0.1, -0.05) is 0 Å². The number of ketones is 1. The number of furan rings is 1. The van der Waals surface area contributed by atoms with E-state index >= 15 is 0 Å². The van der Waals surface area contributed by atoms with Crippen LogP contribution in [0.5, 0.6) is 11.5 Å². The third-order valence-electron chi connectivity index (χ3n) is 4.28. The fourth-order valence-electron chi connectivity index (χ4n) is 3.02. The number of carbonyl (C=O) groups excluding carboxylic acids is 2. The van der Waals surface area contributed by atoms with Crippen LogP contribution in [0.2, 0.25) is 0 Å². The average molecular weight is 330 g/mol. The number of aliphatic hydroxyl groups is 1. The summed E-state index contributed by atoms with van der Waals surface area (Å²) in [5.41, 5.74) is 0.374. The molecule has 3 atom stereocenters. The van der Waals surface area contributed by atoms with Crippen molar-refractivity contribution in [3.05, 3.63) is 47.9 Å². The Balaban J connectivity index is 1.62. The van der Waals surface area contributed by atoms with Crippen LogP contribution in [0.15, 0.2) is 41.0 Å². The van der Waals surface area contributed by atoms with Gasteiger partial charge < -0.3 is 23.7 Å². The van der Waals surface area contributed by atoms with Crippen LogP contribution in [0.4, 0.5) is 0 Å². The number of esters is 1. The molecule has 7 nitrogen and oxygen atoms in total. The molecule has 0 bridgehead atoms. The predicted octanol–water partition coefficient (Wildman–Crippen LogP) is 1.71. The molecule has 0 saturated carbocycles. The first-order valence-electron chi connectivity index (χ1n) is 7.47. The summed E-state index contributed by atoms with van der Waals surface area (Å²) < 4.78 is 20.6. The fourth-order valence-corrected chi connectivity index (χ4v) is 3.02. The molecule has 1 aromatic carbocycles. The standard InChI is InChI=1S/C17H14O7/c18-15(9-3-4-11-13(6-9)24-8-23-11)10-7-22-17(20)14(10)16(19)12-2-1-5-21-12/h1-6,10,14,16,19H,7-8H2/t10-,14-,16+/m0/s1. The zero-order valence-electron chi connectivity index (χ0n) is 12.5. The summed E-state index contributed by atoms with van der Waals surface area (Å²) >= 11 is 0. The molecular formula is C17H14O7. The maximum absolute atomic E-state index is 12.8. The molecule has 4 rings (SSSR count). The molecule has 0 amide bonds. The molecule has 0 unspecified atom stereocenters. The van der Waals surface area contributed by atoms with Crippen molar-refractivity contribution >= 4 is 11.8 Å². The minimum absolute atomic E-state index is 0.0749. The highest BCUT2D eigenvalue weighted by Gasteiger charge is 2.47. The maximum Gasteiger partial charge on any atom is 0.312 e. The van der Waals surface area contributed by atoms with Crippen LogP contribution in [0.25, 0.3) is 0 Å². The number of ether oxygens (including phenoxy) is 3. The molecular weight excluding hydrogens is 316 g/mol. The van der Waals surface area contributed by atoms with E-state index in [4.69, 9.17) is 18.6 Å². The molecule has 24 heavy (non-hydrogen) atoms. The number of aliphatic hydroxyl groups excluding tert-OH is 1. The van der Waals surface area contributed by atoms with E-state index in [2.05, 4.69) is 0 Å². The van der Waals surface area contributed by atoms with Gasteiger partial charge >= 0.3 is 5.97 Å². The second-order valence-corrected chi connectivity index (χ2v) is 5.65. The van der Waals surface area contributed by atoms with E-state index in [1.54, 1.807) is 30.3 Å². The lowest BCUT2D eigenvalue weighted by atomic mass is 9.83. The SMILES string of the molecule is O=C1OC[C@H](C(=O)c2ccc3c(c2)OCO3)[C@H]1[C@H](O)c1ccco1.